The highest BCUT2D eigenvalue weighted by molar-refractivity contribution is 8.01. The molecule has 5 rings (SSSR count). The smallest absolute Gasteiger partial charge is 0.250 e. The van der Waals surface area contributed by atoms with Gasteiger partial charge < -0.3 is 14.8 Å². The Morgan fingerprint density at radius 1 is 1.07 bits per heavy atom. The van der Waals surface area contributed by atoms with Crippen LogP contribution < -0.4 is 4.90 Å². The molecule has 2 aliphatic heterocycles. The number of aromatic nitrogens is 2. The molecule has 0 spiro atoms. The number of piperidine rings is 1. The lowest BCUT2D eigenvalue weighted by Crippen LogP contribution is -2.50. The highest BCUT2D eigenvalue weighted by atomic mass is 32.2. The third kappa shape index (κ3) is 3.40. The summed E-state index contributed by atoms with van der Waals surface area (Å²) >= 11 is 1.37. The number of nitrogens with zero attached hydrogens (tertiary/aromatic N) is 3. The lowest BCUT2D eigenvalue weighted by atomic mass is 10.1. The number of rotatable bonds is 3. The summed E-state index contributed by atoms with van der Waals surface area (Å²) in [5.41, 5.74) is 2.65. The Bertz CT molecular complexity index is 1040. The van der Waals surface area contributed by atoms with Crippen LogP contribution in [0.2, 0.25) is 0 Å². The molecule has 2 aliphatic rings. The molecule has 2 aromatic carbocycles. The number of carbonyl (C=O) groups excluding carboxylic acids is 2. The molecule has 1 fully saturated rings. The normalized spacial score (nSPS) is 19.4. The van der Waals surface area contributed by atoms with E-state index in [0.717, 1.165) is 54.0 Å². The van der Waals surface area contributed by atoms with Crippen LogP contribution in [0.1, 0.15) is 25.1 Å². The summed E-state index contributed by atoms with van der Waals surface area (Å²) in [4.78, 5) is 39.0. The number of nitrogens with one attached hydrogen (secondary N) is 1. The Balaban J connectivity index is 1.47. The number of likely N-dealkylation sites (tertiary alicyclic amines) is 1. The Hall–Kier alpha value is -2.80. The first kappa shape index (κ1) is 18.2. The molecular weight excluding hydrogens is 384 g/mol. The summed E-state index contributed by atoms with van der Waals surface area (Å²) in [5.74, 6) is 0.485. The molecule has 7 heteroatoms. The van der Waals surface area contributed by atoms with Gasteiger partial charge in [0.1, 0.15) is 5.82 Å². The van der Waals surface area contributed by atoms with Crippen LogP contribution in [-0.4, -0.2) is 45.0 Å². The number of hydrogen-bond donors (Lipinski definition) is 1. The number of aromatic amines is 1. The molecule has 0 radical (unpaired) electrons. The number of hydrogen-bond acceptors (Lipinski definition) is 4. The third-order valence-corrected chi connectivity index (χ3v) is 6.77. The molecule has 0 aliphatic carbocycles. The summed E-state index contributed by atoms with van der Waals surface area (Å²) in [6, 6.07) is 15.6. The van der Waals surface area contributed by atoms with Gasteiger partial charge in [0, 0.05) is 18.0 Å². The van der Waals surface area contributed by atoms with Crippen molar-refractivity contribution in [1.29, 1.82) is 0 Å². The minimum atomic E-state index is -0.729. The van der Waals surface area contributed by atoms with Crippen molar-refractivity contribution in [2.45, 2.75) is 36.0 Å². The van der Waals surface area contributed by atoms with Gasteiger partial charge in [-0.1, -0.05) is 24.3 Å². The lowest BCUT2D eigenvalue weighted by Gasteiger charge is -2.36. The zero-order valence-electron chi connectivity index (χ0n) is 16.0. The summed E-state index contributed by atoms with van der Waals surface area (Å²) in [5, 5.41) is -0.729. The third-order valence-electron chi connectivity index (χ3n) is 5.53. The fraction of sp³-hybridized carbons (Fsp3) is 0.318. The number of imidazole rings is 1. The van der Waals surface area contributed by atoms with E-state index in [1.54, 1.807) is 4.90 Å². The van der Waals surface area contributed by atoms with Crippen molar-refractivity contribution in [3.63, 3.8) is 0 Å². The molecule has 3 heterocycles. The Labute approximate surface area is 173 Å². The van der Waals surface area contributed by atoms with E-state index in [-0.39, 0.29) is 11.8 Å². The number of carbonyl (C=O) groups is 2. The second-order valence-corrected chi connectivity index (χ2v) is 8.62. The molecule has 3 aromatic rings. The summed E-state index contributed by atoms with van der Waals surface area (Å²) in [7, 11) is 0. The molecule has 0 saturated carbocycles. The van der Waals surface area contributed by atoms with Gasteiger partial charge in [0.2, 0.25) is 5.91 Å². The van der Waals surface area contributed by atoms with Gasteiger partial charge in [0.05, 0.1) is 23.3 Å². The molecule has 2 amide bonds. The molecule has 29 heavy (non-hydrogen) atoms. The average molecular weight is 407 g/mol. The molecule has 1 aromatic heterocycles. The van der Waals surface area contributed by atoms with Gasteiger partial charge in [0.15, 0.2) is 5.25 Å². The molecule has 0 bridgehead atoms. The van der Waals surface area contributed by atoms with Crippen LogP contribution in [0.4, 0.5) is 5.69 Å². The Morgan fingerprint density at radius 2 is 1.83 bits per heavy atom. The van der Waals surface area contributed by atoms with Crippen LogP contribution in [-0.2, 0) is 16.1 Å². The van der Waals surface area contributed by atoms with Crippen molar-refractivity contribution in [3.05, 3.63) is 54.4 Å². The number of benzene rings is 2. The first-order valence-electron chi connectivity index (χ1n) is 10.0. The topological polar surface area (TPSA) is 69.3 Å². The van der Waals surface area contributed by atoms with Crippen molar-refractivity contribution < 1.29 is 9.59 Å². The fourth-order valence-electron chi connectivity index (χ4n) is 4.05. The van der Waals surface area contributed by atoms with Gasteiger partial charge in [-0.15, -0.1) is 11.8 Å². The molecule has 1 atom stereocenters. The quantitative estimate of drug-likeness (QED) is 0.675. The molecule has 1 unspecified atom stereocenters. The van der Waals surface area contributed by atoms with E-state index in [9.17, 15) is 9.59 Å². The SMILES string of the molecule is O=C(C1Sc2ccccc2N(Cc2nc3ccccc3[nH]2)C1=O)N1CCCCC1. The monoisotopic (exact) mass is 406 g/mol. The van der Waals surface area contributed by atoms with Crippen LogP contribution in [0.3, 0.4) is 0 Å². The van der Waals surface area contributed by atoms with Gasteiger partial charge in [-0.25, -0.2) is 4.98 Å². The van der Waals surface area contributed by atoms with E-state index in [2.05, 4.69) is 9.97 Å². The first-order chi connectivity index (χ1) is 14.2. The minimum Gasteiger partial charge on any atom is -0.341 e. The summed E-state index contributed by atoms with van der Waals surface area (Å²) < 4.78 is 0. The van der Waals surface area contributed by atoms with Crippen LogP contribution in [0, 0.1) is 0 Å². The standard InChI is InChI=1S/C22H22N4O2S/c27-21(25-12-6-1-7-13-25)20-22(28)26(17-10-4-5-11-18(17)29-20)14-19-23-15-8-2-3-9-16(15)24-19/h2-5,8-11,20H,1,6-7,12-14H2,(H,23,24). The number of H-pyrrole nitrogens is 1. The lowest BCUT2D eigenvalue weighted by molar-refractivity contribution is -0.135. The van der Waals surface area contributed by atoms with Crippen LogP contribution >= 0.6 is 11.8 Å². The average Bonchev–Trinajstić information content (AvgIpc) is 3.18. The maximum absolute atomic E-state index is 13.4. The maximum atomic E-state index is 13.4. The van der Waals surface area contributed by atoms with Gasteiger partial charge in [-0.2, -0.15) is 0 Å². The molecular formula is C22H22N4O2S. The van der Waals surface area contributed by atoms with Crippen molar-refractivity contribution in [2.24, 2.45) is 0 Å². The Morgan fingerprint density at radius 3 is 2.66 bits per heavy atom. The van der Waals surface area contributed by atoms with Crippen molar-refractivity contribution in [1.82, 2.24) is 14.9 Å². The van der Waals surface area contributed by atoms with Crippen molar-refractivity contribution in [3.8, 4) is 0 Å². The molecule has 1 saturated heterocycles. The van der Waals surface area contributed by atoms with E-state index in [4.69, 9.17) is 0 Å². The molecule has 6 nitrogen and oxygen atoms in total. The van der Waals surface area contributed by atoms with Crippen LogP contribution in [0.15, 0.2) is 53.4 Å². The highest BCUT2D eigenvalue weighted by Gasteiger charge is 2.40. The predicted molar refractivity (Wildman–Crippen MR) is 114 cm³/mol. The Kier molecular flexibility index (Phi) is 4.75. The zero-order valence-corrected chi connectivity index (χ0v) is 16.8. The minimum absolute atomic E-state index is 0.0659. The summed E-state index contributed by atoms with van der Waals surface area (Å²) in [6.45, 7) is 1.80. The van der Waals surface area contributed by atoms with Gasteiger partial charge >= 0.3 is 0 Å². The van der Waals surface area contributed by atoms with Crippen molar-refractivity contribution >= 4 is 40.3 Å². The second-order valence-electron chi connectivity index (χ2n) is 7.48. The number of fused-ring (bicyclic) bond motifs is 2. The number of thioether (sulfide) groups is 1. The zero-order chi connectivity index (χ0) is 19.8. The molecule has 1 N–H and O–H groups in total. The first-order valence-corrected chi connectivity index (χ1v) is 10.9. The van der Waals surface area contributed by atoms with Gasteiger partial charge in [-0.3, -0.25) is 9.59 Å². The number of amides is 2. The van der Waals surface area contributed by atoms with Gasteiger partial charge in [-0.05, 0) is 43.5 Å². The van der Waals surface area contributed by atoms with E-state index in [1.807, 2.05) is 53.4 Å². The number of para-hydroxylation sites is 3. The van der Waals surface area contributed by atoms with E-state index < -0.39 is 5.25 Å². The summed E-state index contributed by atoms with van der Waals surface area (Å²) in [6.07, 6.45) is 3.17. The molecule has 148 valence electrons. The van der Waals surface area contributed by atoms with Crippen LogP contribution in [0.25, 0.3) is 11.0 Å². The van der Waals surface area contributed by atoms with Crippen molar-refractivity contribution in [2.75, 3.05) is 18.0 Å². The second kappa shape index (κ2) is 7.55. The predicted octanol–water partition coefficient (Wildman–Crippen LogP) is 3.58. The van der Waals surface area contributed by atoms with E-state index in [0.29, 0.717) is 12.4 Å². The maximum Gasteiger partial charge on any atom is 0.250 e. The van der Waals surface area contributed by atoms with E-state index >= 15 is 0 Å². The largest absolute Gasteiger partial charge is 0.341 e. The number of anilines is 1. The van der Waals surface area contributed by atoms with Crippen LogP contribution in [0.5, 0.6) is 0 Å². The fourth-order valence-corrected chi connectivity index (χ4v) is 5.23. The van der Waals surface area contributed by atoms with Gasteiger partial charge in [0.25, 0.3) is 5.91 Å². The highest BCUT2D eigenvalue weighted by Crippen LogP contribution is 2.40. The van der Waals surface area contributed by atoms with E-state index in [1.165, 1.54) is 11.8 Å².